The van der Waals surface area contributed by atoms with Crippen LogP contribution in [0.5, 0.6) is 0 Å². The van der Waals surface area contributed by atoms with Crippen LogP contribution < -0.4 is 5.32 Å². The maximum absolute atomic E-state index is 6.13. The van der Waals surface area contributed by atoms with Gasteiger partial charge in [-0.2, -0.15) is 10.2 Å². The lowest BCUT2D eigenvalue weighted by atomic mass is 9.79. The number of nitrogens with zero attached hydrogens (tertiary/aromatic N) is 2. The van der Waals surface area contributed by atoms with Crippen molar-refractivity contribution in [2.45, 2.75) is 50.2 Å². The van der Waals surface area contributed by atoms with Gasteiger partial charge in [0.25, 0.3) is 0 Å². The van der Waals surface area contributed by atoms with Crippen LogP contribution in [-0.4, -0.2) is 29.5 Å². The van der Waals surface area contributed by atoms with Gasteiger partial charge in [-0.25, -0.2) is 0 Å². The average Bonchev–Trinajstić information content (AvgIpc) is 2.89. The molecule has 4 nitrogen and oxygen atoms in total. The standard InChI is InChI=1S/C15H23N3O/c1-16-14(13-4-8-17-18-11-13)12-5-9-19-15(10-12)6-2-3-7-15/h4,8,11-12,14,16H,2-3,5-7,9-10H2,1H3. The summed E-state index contributed by atoms with van der Waals surface area (Å²) in [5.41, 5.74) is 1.43. The maximum atomic E-state index is 6.13. The van der Waals surface area contributed by atoms with Crippen LogP contribution in [0, 0.1) is 5.92 Å². The third-order valence-electron chi connectivity index (χ3n) is 4.79. The number of hydrogen-bond donors (Lipinski definition) is 1. The van der Waals surface area contributed by atoms with Crippen molar-refractivity contribution in [2.75, 3.05) is 13.7 Å². The molecule has 1 N–H and O–H groups in total. The van der Waals surface area contributed by atoms with Crippen molar-refractivity contribution in [3.05, 3.63) is 24.0 Å². The zero-order chi connectivity index (χ0) is 13.1. The first-order valence-electron chi connectivity index (χ1n) is 7.41. The molecule has 1 aromatic rings. The second-order valence-electron chi connectivity index (χ2n) is 5.93. The number of nitrogens with one attached hydrogen (secondary N) is 1. The second-order valence-corrected chi connectivity index (χ2v) is 5.93. The third-order valence-corrected chi connectivity index (χ3v) is 4.79. The summed E-state index contributed by atoms with van der Waals surface area (Å²) in [6, 6.07) is 2.45. The third kappa shape index (κ3) is 2.65. The van der Waals surface area contributed by atoms with Crippen LogP contribution in [0.4, 0.5) is 0 Å². The predicted molar refractivity (Wildman–Crippen MR) is 73.7 cm³/mol. The van der Waals surface area contributed by atoms with Crippen molar-refractivity contribution in [3.8, 4) is 0 Å². The first kappa shape index (κ1) is 13.0. The minimum Gasteiger partial charge on any atom is -0.375 e. The SMILES string of the molecule is CNC(c1ccnnc1)C1CCOC2(CCCC2)C1. The predicted octanol–water partition coefficient (Wildman–Crippen LogP) is 2.48. The summed E-state index contributed by atoms with van der Waals surface area (Å²) in [6.07, 6.45) is 11.1. The van der Waals surface area contributed by atoms with E-state index in [9.17, 15) is 0 Å². The van der Waals surface area contributed by atoms with Gasteiger partial charge in [0.05, 0.1) is 11.8 Å². The lowest BCUT2D eigenvalue weighted by Crippen LogP contribution is -2.41. The van der Waals surface area contributed by atoms with E-state index in [1.807, 2.05) is 13.2 Å². The van der Waals surface area contributed by atoms with Crippen LogP contribution in [0.25, 0.3) is 0 Å². The first-order chi connectivity index (χ1) is 9.33. The molecule has 2 aliphatic rings. The molecule has 1 saturated carbocycles. The van der Waals surface area contributed by atoms with E-state index < -0.39 is 0 Å². The van der Waals surface area contributed by atoms with Crippen LogP contribution in [0.3, 0.4) is 0 Å². The Morgan fingerprint density at radius 2 is 2.21 bits per heavy atom. The molecule has 4 heteroatoms. The summed E-state index contributed by atoms with van der Waals surface area (Å²) < 4.78 is 6.13. The Bertz CT molecular complexity index is 403. The van der Waals surface area contributed by atoms with Crippen molar-refractivity contribution in [1.29, 1.82) is 0 Å². The summed E-state index contributed by atoms with van der Waals surface area (Å²) in [7, 11) is 2.04. The van der Waals surface area contributed by atoms with E-state index >= 15 is 0 Å². The summed E-state index contributed by atoms with van der Waals surface area (Å²) in [4.78, 5) is 0. The largest absolute Gasteiger partial charge is 0.375 e. The molecule has 1 aliphatic heterocycles. The number of rotatable bonds is 3. The molecule has 1 aliphatic carbocycles. The van der Waals surface area contributed by atoms with E-state index in [4.69, 9.17) is 4.74 Å². The highest BCUT2D eigenvalue weighted by Gasteiger charge is 2.42. The highest BCUT2D eigenvalue weighted by atomic mass is 16.5. The Kier molecular flexibility index (Phi) is 3.80. The summed E-state index contributed by atoms with van der Waals surface area (Å²) in [5, 5.41) is 11.4. The van der Waals surface area contributed by atoms with Gasteiger partial charge in [-0.15, -0.1) is 0 Å². The van der Waals surface area contributed by atoms with Gasteiger partial charge in [0.1, 0.15) is 0 Å². The normalized spacial score (nSPS) is 27.5. The van der Waals surface area contributed by atoms with Gasteiger partial charge in [0.15, 0.2) is 0 Å². The van der Waals surface area contributed by atoms with Crippen molar-refractivity contribution in [3.63, 3.8) is 0 Å². The highest BCUT2D eigenvalue weighted by Crippen LogP contribution is 2.45. The fraction of sp³-hybridized carbons (Fsp3) is 0.733. The van der Waals surface area contributed by atoms with Crippen molar-refractivity contribution in [2.24, 2.45) is 5.92 Å². The van der Waals surface area contributed by atoms with E-state index in [1.54, 1.807) is 6.20 Å². The van der Waals surface area contributed by atoms with Crippen molar-refractivity contribution >= 4 is 0 Å². The zero-order valence-corrected chi connectivity index (χ0v) is 11.6. The van der Waals surface area contributed by atoms with E-state index in [0.717, 1.165) is 13.0 Å². The number of aromatic nitrogens is 2. The molecule has 0 aromatic carbocycles. The van der Waals surface area contributed by atoms with Crippen LogP contribution in [0.2, 0.25) is 0 Å². The molecule has 104 valence electrons. The van der Waals surface area contributed by atoms with Gasteiger partial charge in [-0.1, -0.05) is 12.8 Å². The first-order valence-corrected chi connectivity index (χ1v) is 7.41. The van der Waals surface area contributed by atoms with Crippen LogP contribution in [0.1, 0.15) is 50.1 Å². The molecular weight excluding hydrogens is 238 g/mol. The molecule has 19 heavy (non-hydrogen) atoms. The van der Waals surface area contributed by atoms with Gasteiger partial charge in [-0.3, -0.25) is 0 Å². The second kappa shape index (κ2) is 5.55. The van der Waals surface area contributed by atoms with Crippen molar-refractivity contribution in [1.82, 2.24) is 15.5 Å². The van der Waals surface area contributed by atoms with Crippen LogP contribution in [-0.2, 0) is 4.74 Å². The van der Waals surface area contributed by atoms with E-state index in [0.29, 0.717) is 12.0 Å². The quantitative estimate of drug-likeness (QED) is 0.908. The maximum Gasteiger partial charge on any atom is 0.0686 e. The zero-order valence-electron chi connectivity index (χ0n) is 11.6. The van der Waals surface area contributed by atoms with Crippen LogP contribution >= 0.6 is 0 Å². The Balaban J connectivity index is 1.76. The van der Waals surface area contributed by atoms with Gasteiger partial charge in [-0.05, 0) is 50.3 Å². The Morgan fingerprint density at radius 1 is 1.37 bits per heavy atom. The number of hydrogen-bond acceptors (Lipinski definition) is 4. The fourth-order valence-corrected chi connectivity index (χ4v) is 3.88. The molecule has 2 atom stereocenters. The molecule has 2 heterocycles. The molecule has 3 rings (SSSR count). The smallest absolute Gasteiger partial charge is 0.0686 e. The number of ether oxygens (including phenoxy) is 1. The van der Waals surface area contributed by atoms with Gasteiger partial charge < -0.3 is 10.1 Å². The molecule has 1 aromatic heterocycles. The molecule has 0 bridgehead atoms. The molecule has 0 amide bonds. The summed E-state index contributed by atoms with van der Waals surface area (Å²) >= 11 is 0. The average molecular weight is 261 g/mol. The topological polar surface area (TPSA) is 47.0 Å². The lowest BCUT2D eigenvalue weighted by Gasteiger charge is -2.41. The van der Waals surface area contributed by atoms with Gasteiger partial charge in [0, 0.05) is 18.8 Å². The molecule has 0 radical (unpaired) electrons. The molecular formula is C15H23N3O. The summed E-state index contributed by atoms with van der Waals surface area (Å²) in [5.74, 6) is 0.640. The van der Waals surface area contributed by atoms with Crippen molar-refractivity contribution < 1.29 is 4.74 Å². The Labute approximate surface area is 115 Å². The highest BCUT2D eigenvalue weighted by molar-refractivity contribution is 5.13. The van der Waals surface area contributed by atoms with E-state index in [-0.39, 0.29) is 5.60 Å². The van der Waals surface area contributed by atoms with Gasteiger partial charge >= 0.3 is 0 Å². The van der Waals surface area contributed by atoms with Gasteiger partial charge in [0.2, 0.25) is 0 Å². The Hall–Kier alpha value is -1.00. The van der Waals surface area contributed by atoms with E-state index in [2.05, 4.69) is 21.6 Å². The Morgan fingerprint density at radius 3 is 2.89 bits per heavy atom. The summed E-state index contributed by atoms with van der Waals surface area (Å²) in [6.45, 7) is 0.904. The minimum atomic E-state index is 0.179. The molecule has 1 saturated heterocycles. The molecule has 2 fully saturated rings. The van der Waals surface area contributed by atoms with Crippen LogP contribution in [0.15, 0.2) is 18.5 Å². The minimum absolute atomic E-state index is 0.179. The fourth-order valence-electron chi connectivity index (χ4n) is 3.88. The molecule has 1 spiro atoms. The monoisotopic (exact) mass is 261 g/mol. The molecule has 2 unspecified atom stereocenters. The van der Waals surface area contributed by atoms with E-state index in [1.165, 1.54) is 37.7 Å². The lowest BCUT2D eigenvalue weighted by molar-refractivity contribution is -0.0979.